The highest BCUT2D eigenvalue weighted by Crippen LogP contribution is 2.22. The normalized spacial score (nSPS) is 18.3. The first-order chi connectivity index (χ1) is 10.6. The molecule has 1 fully saturated rings. The van der Waals surface area contributed by atoms with Crippen molar-refractivity contribution in [1.29, 1.82) is 0 Å². The van der Waals surface area contributed by atoms with Gasteiger partial charge in [0.15, 0.2) is 0 Å². The van der Waals surface area contributed by atoms with E-state index in [1.165, 1.54) is 0 Å². The second-order valence-electron chi connectivity index (χ2n) is 8.47. The third-order valence-corrected chi connectivity index (χ3v) is 4.29. The maximum Gasteiger partial charge on any atom is 0.307 e. The molecule has 1 atom stereocenters. The molecule has 1 unspecified atom stereocenters. The number of likely N-dealkylation sites (tertiary alicyclic amines) is 1. The van der Waals surface area contributed by atoms with Gasteiger partial charge < -0.3 is 15.3 Å². The Labute approximate surface area is 140 Å². The Morgan fingerprint density at radius 2 is 1.78 bits per heavy atom. The van der Waals surface area contributed by atoms with Gasteiger partial charge in [0.25, 0.3) is 0 Å². The van der Waals surface area contributed by atoms with Crippen LogP contribution in [0.3, 0.4) is 0 Å². The van der Waals surface area contributed by atoms with E-state index in [0.717, 1.165) is 25.9 Å². The average molecular weight is 326 g/mol. The molecule has 0 radical (unpaired) electrons. The van der Waals surface area contributed by atoms with E-state index in [1.54, 1.807) is 0 Å². The van der Waals surface area contributed by atoms with Gasteiger partial charge in [0.05, 0.1) is 5.92 Å². The van der Waals surface area contributed by atoms with Crippen molar-refractivity contribution in [3.8, 4) is 0 Å². The predicted molar refractivity (Wildman–Crippen MR) is 92.3 cm³/mol. The largest absolute Gasteiger partial charge is 0.481 e. The Morgan fingerprint density at radius 3 is 2.22 bits per heavy atom. The predicted octanol–water partition coefficient (Wildman–Crippen LogP) is 2.75. The molecule has 1 rings (SSSR count). The minimum Gasteiger partial charge on any atom is -0.481 e. The van der Waals surface area contributed by atoms with Crippen LogP contribution in [0, 0.1) is 17.3 Å². The zero-order chi connectivity index (χ0) is 17.6. The number of hydrogen-bond donors (Lipinski definition) is 2. The number of carboxylic acid groups (broad SMARTS) is 1. The van der Waals surface area contributed by atoms with Crippen molar-refractivity contribution in [3.63, 3.8) is 0 Å². The molecule has 0 aliphatic carbocycles. The lowest BCUT2D eigenvalue weighted by Crippen LogP contribution is -2.47. The van der Waals surface area contributed by atoms with Crippen molar-refractivity contribution in [2.75, 3.05) is 19.6 Å². The van der Waals surface area contributed by atoms with E-state index in [0.29, 0.717) is 31.3 Å². The third-order valence-electron chi connectivity index (χ3n) is 4.29. The van der Waals surface area contributed by atoms with Gasteiger partial charge in [-0.25, -0.2) is 0 Å². The zero-order valence-electron chi connectivity index (χ0n) is 15.4. The minimum absolute atomic E-state index is 0.0255. The van der Waals surface area contributed by atoms with Gasteiger partial charge in [-0.15, -0.1) is 0 Å². The van der Waals surface area contributed by atoms with E-state index in [4.69, 9.17) is 0 Å². The first-order valence-corrected chi connectivity index (χ1v) is 8.82. The molecule has 0 bridgehead atoms. The lowest BCUT2D eigenvalue weighted by Gasteiger charge is -2.34. The molecule has 1 heterocycles. The Kier molecular flexibility index (Phi) is 7.52. The van der Waals surface area contributed by atoms with Gasteiger partial charge in [-0.3, -0.25) is 9.59 Å². The van der Waals surface area contributed by atoms with Crippen molar-refractivity contribution >= 4 is 11.9 Å². The van der Waals surface area contributed by atoms with Crippen molar-refractivity contribution in [2.45, 2.75) is 66.3 Å². The van der Waals surface area contributed by atoms with Crippen LogP contribution in [0.2, 0.25) is 0 Å². The SMILES string of the molecule is CC(C)CC(CNC1CCN(C(=O)CC(C)(C)C)CC1)C(=O)O. The highest BCUT2D eigenvalue weighted by Gasteiger charge is 2.27. The molecule has 5 nitrogen and oxygen atoms in total. The van der Waals surface area contributed by atoms with Crippen molar-refractivity contribution in [2.24, 2.45) is 17.3 Å². The van der Waals surface area contributed by atoms with Gasteiger partial charge >= 0.3 is 5.97 Å². The Morgan fingerprint density at radius 1 is 1.22 bits per heavy atom. The van der Waals surface area contributed by atoms with Gasteiger partial charge in [-0.2, -0.15) is 0 Å². The van der Waals surface area contributed by atoms with Crippen LogP contribution in [-0.2, 0) is 9.59 Å². The van der Waals surface area contributed by atoms with Crippen LogP contribution in [0.5, 0.6) is 0 Å². The molecule has 0 aromatic heterocycles. The molecule has 1 amide bonds. The maximum atomic E-state index is 12.2. The molecule has 1 aliphatic heterocycles. The molecule has 0 spiro atoms. The van der Waals surface area contributed by atoms with Crippen LogP contribution >= 0.6 is 0 Å². The van der Waals surface area contributed by atoms with Crippen LogP contribution in [0.15, 0.2) is 0 Å². The summed E-state index contributed by atoms with van der Waals surface area (Å²) < 4.78 is 0. The van der Waals surface area contributed by atoms with E-state index in [9.17, 15) is 14.7 Å². The highest BCUT2D eigenvalue weighted by molar-refractivity contribution is 5.76. The van der Waals surface area contributed by atoms with Crippen LogP contribution in [0.25, 0.3) is 0 Å². The summed E-state index contributed by atoms with van der Waals surface area (Å²) in [6.07, 6.45) is 3.10. The average Bonchev–Trinajstić information content (AvgIpc) is 2.41. The summed E-state index contributed by atoms with van der Waals surface area (Å²) in [5.41, 5.74) is 0.0255. The zero-order valence-corrected chi connectivity index (χ0v) is 15.4. The molecule has 1 saturated heterocycles. The van der Waals surface area contributed by atoms with Crippen molar-refractivity contribution in [1.82, 2.24) is 10.2 Å². The molecule has 5 heteroatoms. The highest BCUT2D eigenvalue weighted by atomic mass is 16.4. The molecule has 23 heavy (non-hydrogen) atoms. The molecular weight excluding hydrogens is 292 g/mol. The first kappa shape index (κ1) is 19.9. The van der Waals surface area contributed by atoms with Gasteiger partial charge in [0, 0.05) is 32.1 Å². The van der Waals surface area contributed by atoms with Crippen LogP contribution in [-0.4, -0.2) is 47.6 Å². The lowest BCUT2D eigenvalue weighted by molar-refractivity contribution is -0.142. The minimum atomic E-state index is -0.719. The maximum absolute atomic E-state index is 12.2. The number of aliphatic carboxylic acids is 1. The number of hydrogen-bond acceptors (Lipinski definition) is 3. The summed E-state index contributed by atoms with van der Waals surface area (Å²) in [5.74, 6) is -0.423. The van der Waals surface area contributed by atoms with Gasteiger partial charge in [-0.1, -0.05) is 34.6 Å². The van der Waals surface area contributed by atoms with E-state index in [2.05, 4.69) is 39.9 Å². The fourth-order valence-corrected chi connectivity index (χ4v) is 3.05. The second kappa shape index (κ2) is 8.67. The third kappa shape index (κ3) is 7.82. The molecule has 0 aromatic carbocycles. The summed E-state index contributed by atoms with van der Waals surface area (Å²) in [6.45, 7) is 12.4. The Balaban J connectivity index is 2.36. The van der Waals surface area contributed by atoms with Crippen LogP contribution < -0.4 is 5.32 Å². The fraction of sp³-hybridized carbons (Fsp3) is 0.889. The standard InChI is InChI=1S/C18H34N2O3/c1-13(2)10-14(17(22)23)12-19-15-6-8-20(9-7-15)16(21)11-18(3,4)5/h13-15,19H,6-12H2,1-5H3,(H,22,23). The number of amides is 1. The summed E-state index contributed by atoms with van der Waals surface area (Å²) in [4.78, 5) is 25.5. The monoisotopic (exact) mass is 326 g/mol. The lowest BCUT2D eigenvalue weighted by atomic mass is 9.91. The summed E-state index contributed by atoms with van der Waals surface area (Å²) >= 11 is 0. The summed E-state index contributed by atoms with van der Waals surface area (Å²) in [5, 5.41) is 12.7. The van der Waals surface area contributed by atoms with E-state index >= 15 is 0 Å². The molecule has 0 aromatic rings. The number of carbonyl (C=O) groups is 2. The Hall–Kier alpha value is -1.10. The van der Waals surface area contributed by atoms with Gasteiger partial charge in [0.2, 0.25) is 5.91 Å². The number of nitrogens with zero attached hydrogens (tertiary/aromatic N) is 1. The number of carboxylic acids is 1. The molecule has 0 saturated carbocycles. The van der Waals surface area contributed by atoms with Gasteiger partial charge in [0.1, 0.15) is 0 Å². The topological polar surface area (TPSA) is 69.6 Å². The molecule has 134 valence electrons. The van der Waals surface area contributed by atoms with Crippen LogP contribution in [0.4, 0.5) is 0 Å². The van der Waals surface area contributed by atoms with E-state index in [-0.39, 0.29) is 17.2 Å². The van der Waals surface area contributed by atoms with Crippen molar-refractivity contribution in [3.05, 3.63) is 0 Å². The van der Waals surface area contributed by atoms with E-state index < -0.39 is 5.97 Å². The summed E-state index contributed by atoms with van der Waals surface area (Å²) in [6, 6.07) is 0.322. The van der Waals surface area contributed by atoms with Gasteiger partial charge in [-0.05, 0) is 30.6 Å². The number of nitrogens with one attached hydrogen (secondary N) is 1. The number of rotatable bonds is 7. The molecule has 1 aliphatic rings. The number of piperidine rings is 1. The van der Waals surface area contributed by atoms with Crippen molar-refractivity contribution < 1.29 is 14.7 Å². The first-order valence-electron chi connectivity index (χ1n) is 8.82. The summed E-state index contributed by atoms with van der Waals surface area (Å²) in [7, 11) is 0. The molecule has 2 N–H and O–H groups in total. The smallest absolute Gasteiger partial charge is 0.307 e. The van der Waals surface area contributed by atoms with E-state index in [1.807, 2.05) is 4.90 Å². The molecular formula is C18H34N2O3. The second-order valence-corrected chi connectivity index (χ2v) is 8.47. The Bertz CT molecular complexity index is 394. The fourth-order valence-electron chi connectivity index (χ4n) is 3.05. The quantitative estimate of drug-likeness (QED) is 0.755. The number of carbonyl (C=O) groups excluding carboxylic acids is 1. The van der Waals surface area contributed by atoms with Crippen LogP contribution in [0.1, 0.15) is 60.3 Å².